The van der Waals surface area contributed by atoms with E-state index in [-0.39, 0.29) is 17.9 Å². The van der Waals surface area contributed by atoms with Crippen LogP contribution in [-0.4, -0.2) is 30.9 Å². The average molecular weight is 238 g/mol. The second-order valence-corrected chi connectivity index (χ2v) is 3.53. The van der Waals surface area contributed by atoms with Crippen molar-refractivity contribution < 1.29 is 14.2 Å². The van der Waals surface area contributed by atoms with Crippen LogP contribution < -0.4 is 10.1 Å². The summed E-state index contributed by atoms with van der Waals surface area (Å²) in [6.07, 6.45) is -0.690. The first-order valence-electron chi connectivity index (χ1n) is 5.38. The number of hydrogen-bond acceptors (Lipinski definition) is 4. The zero-order valence-electron chi connectivity index (χ0n) is 9.61. The molecule has 0 radical (unpaired) electrons. The van der Waals surface area contributed by atoms with Crippen molar-refractivity contribution in [1.29, 1.82) is 5.26 Å². The van der Waals surface area contributed by atoms with Gasteiger partial charge in [0.1, 0.15) is 12.7 Å². The molecule has 17 heavy (non-hydrogen) atoms. The van der Waals surface area contributed by atoms with Crippen molar-refractivity contribution >= 4 is 0 Å². The minimum Gasteiger partial charge on any atom is -0.488 e. The van der Waals surface area contributed by atoms with E-state index >= 15 is 0 Å². The fraction of sp³-hybridized carbons (Fsp3) is 0.417. The summed E-state index contributed by atoms with van der Waals surface area (Å²) in [4.78, 5) is 0. The number of benzene rings is 1. The molecule has 0 aliphatic heterocycles. The number of rotatable bonds is 6. The summed E-state index contributed by atoms with van der Waals surface area (Å²) >= 11 is 0. The van der Waals surface area contributed by atoms with Gasteiger partial charge in [0.2, 0.25) is 0 Å². The van der Waals surface area contributed by atoms with Crippen LogP contribution in [0.1, 0.15) is 12.5 Å². The third-order valence-electron chi connectivity index (χ3n) is 2.12. The Bertz CT molecular complexity index is 404. The van der Waals surface area contributed by atoms with Crippen LogP contribution in [0, 0.1) is 17.1 Å². The van der Waals surface area contributed by atoms with E-state index in [4.69, 9.17) is 10.00 Å². The average Bonchev–Trinajstić information content (AvgIpc) is 2.34. The maximum absolute atomic E-state index is 13.4. The van der Waals surface area contributed by atoms with E-state index < -0.39 is 11.9 Å². The predicted molar refractivity (Wildman–Crippen MR) is 61.2 cm³/mol. The third kappa shape index (κ3) is 4.39. The van der Waals surface area contributed by atoms with Gasteiger partial charge >= 0.3 is 0 Å². The van der Waals surface area contributed by atoms with Crippen LogP contribution in [0.2, 0.25) is 0 Å². The predicted octanol–water partition coefficient (Wildman–Crippen LogP) is 1.05. The molecular formula is C12H15FN2O2. The second kappa shape index (κ2) is 6.84. The summed E-state index contributed by atoms with van der Waals surface area (Å²) in [5, 5.41) is 21.0. The molecule has 0 aliphatic carbocycles. The topological polar surface area (TPSA) is 65.3 Å². The van der Waals surface area contributed by atoms with Crippen LogP contribution in [0.4, 0.5) is 4.39 Å². The molecular weight excluding hydrogens is 223 g/mol. The van der Waals surface area contributed by atoms with Crippen molar-refractivity contribution in [1.82, 2.24) is 5.32 Å². The number of nitriles is 1. The lowest BCUT2D eigenvalue weighted by atomic mass is 10.2. The van der Waals surface area contributed by atoms with Gasteiger partial charge in [0.15, 0.2) is 11.6 Å². The number of nitrogens with one attached hydrogen (secondary N) is 1. The highest BCUT2D eigenvalue weighted by molar-refractivity contribution is 5.35. The number of ether oxygens (including phenoxy) is 1. The highest BCUT2D eigenvalue weighted by Crippen LogP contribution is 2.17. The lowest BCUT2D eigenvalue weighted by Crippen LogP contribution is -2.31. The van der Waals surface area contributed by atoms with E-state index in [9.17, 15) is 9.50 Å². The lowest BCUT2D eigenvalue weighted by molar-refractivity contribution is 0.105. The summed E-state index contributed by atoms with van der Waals surface area (Å²) in [5.74, 6) is -0.556. The fourth-order valence-electron chi connectivity index (χ4n) is 1.24. The van der Waals surface area contributed by atoms with Gasteiger partial charge in [-0.3, -0.25) is 0 Å². The highest BCUT2D eigenvalue weighted by Gasteiger charge is 2.08. The molecule has 0 fully saturated rings. The molecule has 2 N–H and O–H groups in total. The fourth-order valence-corrected chi connectivity index (χ4v) is 1.24. The maximum atomic E-state index is 13.4. The SMILES string of the molecule is CCNCC(O)COc1ccc(C#N)cc1F. The Labute approximate surface area is 99.6 Å². The van der Waals surface area contributed by atoms with Crippen LogP contribution in [0.3, 0.4) is 0 Å². The molecule has 0 heterocycles. The number of nitrogens with zero attached hydrogens (tertiary/aromatic N) is 1. The van der Waals surface area contributed by atoms with Crippen molar-refractivity contribution in [2.75, 3.05) is 19.7 Å². The Morgan fingerprint density at radius 3 is 2.94 bits per heavy atom. The molecule has 1 aromatic rings. The molecule has 4 nitrogen and oxygen atoms in total. The van der Waals surface area contributed by atoms with Crippen molar-refractivity contribution in [2.45, 2.75) is 13.0 Å². The molecule has 0 amide bonds. The first-order chi connectivity index (χ1) is 8.17. The van der Waals surface area contributed by atoms with Gasteiger partial charge in [-0.25, -0.2) is 4.39 Å². The highest BCUT2D eigenvalue weighted by atomic mass is 19.1. The molecule has 0 saturated carbocycles. The molecule has 0 aliphatic rings. The van der Waals surface area contributed by atoms with E-state index in [2.05, 4.69) is 5.32 Å². The van der Waals surface area contributed by atoms with E-state index in [0.717, 1.165) is 12.6 Å². The van der Waals surface area contributed by atoms with E-state index in [0.29, 0.717) is 6.54 Å². The quantitative estimate of drug-likeness (QED) is 0.777. The number of aliphatic hydroxyl groups is 1. The van der Waals surface area contributed by atoms with Crippen LogP contribution in [0.5, 0.6) is 5.75 Å². The van der Waals surface area contributed by atoms with Crippen LogP contribution >= 0.6 is 0 Å². The lowest BCUT2D eigenvalue weighted by Gasteiger charge is -2.12. The van der Waals surface area contributed by atoms with Gasteiger partial charge in [-0.1, -0.05) is 6.92 Å². The third-order valence-corrected chi connectivity index (χ3v) is 2.12. The number of halogens is 1. The maximum Gasteiger partial charge on any atom is 0.166 e. The van der Waals surface area contributed by atoms with Crippen LogP contribution in [0.15, 0.2) is 18.2 Å². The molecule has 5 heteroatoms. The Kier molecular flexibility index (Phi) is 5.40. The van der Waals surface area contributed by atoms with E-state index in [1.807, 2.05) is 13.0 Å². The normalized spacial score (nSPS) is 11.9. The van der Waals surface area contributed by atoms with Gasteiger partial charge < -0.3 is 15.2 Å². The molecule has 92 valence electrons. The first-order valence-corrected chi connectivity index (χ1v) is 5.38. The van der Waals surface area contributed by atoms with E-state index in [1.165, 1.54) is 12.1 Å². The van der Waals surface area contributed by atoms with Crippen LogP contribution in [-0.2, 0) is 0 Å². The van der Waals surface area contributed by atoms with E-state index in [1.54, 1.807) is 0 Å². The van der Waals surface area contributed by atoms with Gasteiger partial charge in [-0.2, -0.15) is 5.26 Å². The summed E-state index contributed by atoms with van der Waals surface area (Å²) < 4.78 is 18.5. The largest absolute Gasteiger partial charge is 0.488 e. The Morgan fingerprint density at radius 1 is 1.59 bits per heavy atom. The zero-order valence-corrected chi connectivity index (χ0v) is 9.61. The van der Waals surface area contributed by atoms with Gasteiger partial charge in [0.05, 0.1) is 11.6 Å². The molecule has 1 aromatic carbocycles. The van der Waals surface area contributed by atoms with Crippen LogP contribution in [0.25, 0.3) is 0 Å². The summed E-state index contributed by atoms with van der Waals surface area (Å²) in [7, 11) is 0. The molecule has 1 rings (SSSR count). The molecule has 0 aromatic heterocycles. The molecule has 1 unspecified atom stereocenters. The first kappa shape index (κ1) is 13.4. The van der Waals surface area contributed by atoms with Gasteiger partial charge in [-0.05, 0) is 24.7 Å². The summed E-state index contributed by atoms with van der Waals surface area (Å²) in [5.41, 5.74) is 0.239. The van der Waals surface area contributed by atoms with Crippen molar-refractivity contribution in [3.8, 4) is 11.8 Å². The van der Waals surface area contributed by atoms with Crippen molar-refractivity contribution in [3.63, 3.8) is 0 Å². The van der Waals surface area contributed by atoms with Gasteiger partial charge in [0, 0.05) is 6.54 Å². The smallest absolute Gasteiger partial charge is 0.166 e. The Morgan fingerprint density at radius 2 is 2.35 bits per heavy atom. The van der Waals surface area contributed by atoms with Gasteiger partial charge in [0.25, 0.3) is 0 Å². The summed E-state index contributed by atoms with van der Waals surface area (Å²) in [6, 6.07) is 5.79. The zero-order chi connectivity index (χ0) is 12.7. The molecule has 0 saturated heterocycles. The standard InChI is InChI=1S/C12H15FN2O2/c1-2-15-7-10(16)8-17-12-4-3-9(6-14)5-11(12)13/h3-5,10,15-16H,2,7-8H2,1H3. The number of hydrogen-bond donors (Lipinski definition) is 2. The number of aliphatic hydroxyl groups excluding tert-OH is 1. The Hall–Kier alpha value is -1.64. The molecule has 0 bridgehead atoms. The minimum atomic E-state index is -0.690. The monoisotopic (exact) mass is 238 g/mol. The van der Waals surface area contributed by atoms with Crippen molar-refractivity contribution in [3.05, 3.63) is 29.6 Å². The minimum absolute atomic E-state index is 0.00974. The number of likely N-dealkylation sites (N-methyl/N-ethyl adjacent to an activating group) is 1. The second-order valence-electron chi connectivity index (χ2n) is 3.53. The molecule has 0 spiro atoms. The molecule has 1 atom stereocenters. The summed E-state index contributed by atoms with van der Waals surface area (Å²) in [6.45, 7) is 3.08. The Balaban J connectivity index is 2.49. The van der Waals surface area contributed by atoms with Crippen molar-refractivity contribution in [2.24, 2.45) is 0 Å². The van der Waals surface area contributed by atoms with Gasteiger partial charge in [-0.15, -0.1) is 0 Å².